The Balaban J connectivity index is 1.93. The Morgan fingerprint density at radius 1 is 1.08 bits per heavy atom. The van der Waals surface area contributed by atoms with Crippen LogP contribution in [0, 0.1) is 0 Å². The molecule has 0 spiro atoms. The summed E-state index contributed by atoms with van der Waals surface area (Å²) in [5.41, 5.74) is 0.844. The van der Waals surface area contributed by atoms with Crippen LogP contribution >= 0.6 is 0 Å². The summed E-state index contributed by atoms with van der Waals surface area (Å²) in [7, 11) is 1.52. The summed E-state index contributed by atoms with van der Waals surface area (Å²) in [4.78, 5) is 49.4. The number of hydrogen-bond donors (Lipinski definition) is 2. The monoisotopic (exact) mass is 361 g/mol. The zero-order valence-corrected chi connectivity index (χ0v) is 15.1. The van der Waals surface area contributed by atoms with Gasteiger partial charge in [-0.15, -0.1) is 0 Å². The van der Waals surface area contributed by atoms with Crippen molar-refractivity contribution >= 4 is 23.6 Å². The van der Waals surface area contributed by atoms with Gasteiger partial charge in [0.05, 0.1) is 17.7 Å². The van der Waals surface area contributed by atoms with Crippen molar-refractivity contribution in [2.45, 2.75) is 26.3 Å². The van der Waals surface area contributed by atoms with Gasteiger partial charge in [-0.3, -0.25) is 24.1 Å². The third-order valence-electron chi connectivity index (χ3n) is 3.96. The maximum atomic E-state index is 12.4. The number of nitrogens with one attached hydrogen (secondary N) is 2. The first-order chi connectivity index (χ1) is 12.4. The molecule has 2 N–H and O–H groups in total. The Morgan fingerprint density at radius 2 is 1.73 bits per heavy atom. The van der Waals surface area contributed by atoms with Gasteiger partial charge in [-0.1, -0.05) is 0 Å². The van der Waals surface area contributed by atoms with Crippen LogP contribution in [0.4, 0.5) is 0 Å². The van der Waals surface area contributed by atoms with Gasteiger partial charge >= 0.3 is 0 Å². The number of amides is 4. The maximum absolute atomic E-state index is 12.4. The van der Waals surface area contributed by atoms with Crippen LogP contribution in [-0.4, -0.2) is 61.4 Å². The van der Waals surface area contributed by atoms with Crippen LogP contribution in [0.15, 0.2) is 18.2 Å². The molecule has 0 unspecified atom stereocenters. The normalized spacial score (nSPS) is 13.2. The predicted molar refractivity (Wildman–Crippen MR) is 93.9 cm³/mol. The number of fused-ring (bicyclic) bond motifs is 1. The van der Waals surface area contributed by atoms with Gasteiger partial charge < -0.3 is 15.4 Å². The molecule has 2 rings (SSSR count). The molecule has 0 saturated heterocycles. The highest BCUT2D eigenvalue weighted by Crippen LogP contribution is 2.25. The fourth-order valence-corrected chi connectivity index (χ4v) is 2.63. The Hall–Kier alpha value is -2.74. The van der Waals surface area contributed by atoms with Crippen LogP contribution < -0.4 is 10.6 Å². The molecule has 140 valence electrons. The topological polar surface area (TPSA) is 105 Å². The van der Waals surface area contributed by atoms with E-state index < -0.39 is 0 Å². The van der Waals surface area contributed by atoms with Crippen LogP contribution in [0.2, 0.25) is 0 Å². The molecule has 0 aliphatic carbocycles. The summed E-state index contributed by atoms with van der Waals surface area (Å²) in [5.74, 6) is -1.26. The lowest BCUT2D eigenvalue weighted by Gasteiger charge is -2.17. The maximum Gasteiger partial charge on any atom is 0.261 e. The second-order valence-corrected chi connectivity index (χ2v) is 6.18. The van der Waals surface area contributed by atoms with E-state index >= 15 is 0 Å². The van der Waals surface area contributed by atoms with Crippen molar-refractivity contribution in [2.24, 2.45) is 0 Å². The molecule has 0 radical (unpaired) electrons. The summed E-state index contributed by atoms with van der Waals surface area (Å²) in [5, 5.41) is 5.32. The summed E-state index contributed by atoms with van der Waals surface area (Å²) >= 11 is 0. The molecule has 26 heavy (non-hydrogen) atoms. The van der Waals surface area contributed by atoms with Crippen molar-refractivity contribution in [2.75, 3.05) is 26.8 Å². The minimum atomic E-state index is -0.389. The van der Waals surface area contributed by atoms with Crippen LogP contribution in [0.1, 0.15) is 51.3 Å². The van der Waals surface area contributed by atoms with Gasteiger partial charge in [-0.25, -0.2) is 0 Å². The van der Waals surface area contributed by atoms with E-state index in [9.17, 15) is 19.2 Å². The second-order valence-electron chi connectivity index (χ2n) is 6.18. The summed E-state index contributed by atoms with van der Waals surface area (Å²) in [6, 6.07) is 4.20. The summed E-state index contributed by atoms with van der Waals surface area (Å²) in [6.45, 7) is 4.40. The molecule has 0 saturated carbocycles. The number of benzene rings is 1. The number of ether oxygens (including phenoxy) is 1. The van der Waals surface area contributed by atoms with Crippen LogP contribution in [0.25, 0.3) is 0 Å². The first kappa shape index (κ1) is 19.6. The smallest absolute Gasteiger partial charge is 0.261 e. The zero-order valence-electron chi connectivity index (χ0n) is 15.1. The summed E-state index contributed by atoms with van der Waals surface area (Å²) < 4.78 is 4.80. The molecule has 8 heteroatoms. The summed E-state index contributed by atoms with van der Waals surface area (Å²) in [6.07, 6.45) is 0.262. The molecule has 1 aromatic carbocycles. The third-order valence-corrected chi connectivity index (χ3v) is 3.96. The van der Waals surface area contributed by atoms with Crippen LogP contribution in [-0.2, 0) is 9.53 Å². The highest BCUT2D eigenvalue weighted by atomic mass is 16.5. The van der Waals surface area contributed by atoms with E-state index in [1.807, 2.05) is 0 Å². The average Bonchev–Trinajstić information content (AvgIpc) is 2.87. The lowest BCUT2D eigenvalue weighted by atomic mass is 10.1. The number of hydrogen-bond acceptors (Lipinski definition) is 5. The molecule has 1 aliphatic heterocycles. The Labute approximate surface area is 151 Å². The van der Waals surface area contributed by atoms with Gasteiger partial charge in [0, 0.05) is 38.2 Å². The molecular formula is C18H23N3O5. The second kappa shape index (κ2) is 8.57. The van der Waals surface area contributed by atoms with E-state index in [2.05, 4.69) is 10.6 Å². The van der Waals surface area contributed by atoms with Gasteiger partial charge in [0.1, 0.15) is 0 Å². The van der Waals surface area contributed by atoms with Gasteiger partial charge in [-0.05, 0) is 32.0 Å². The van der Waals surface area contributed by atoms with Crippen molar-refractivity contribution in [1.82, 2.24) is 15.5 Å². The van der Waals surface area contributed by atoms with Crippen LogP contribution in [0.3, 0.4) is 0 Å². The van der Waals surface area contributed by atoms with Crippen molar-refractivity contribution in [1.29, 1.82) is 0 Å². The SMILES string of the molecule is COCCC(=O)NCCNC(=O)c1ccc2c(c1)C(=O)N(C(C)C)C2=O. The quantitative estimate of drug-likeness (QED) is 0.520. The molecule has 1 aromatic rings. The molecule has 0 aromatic heterocycles. The fraction of sp³-hybridized carbons (Fsp3) is 0.444. The average molecular weight is 361 g/mol. The molecule has 1 aliphatic rings. The van der Waals surface area contributed by atoms with Gasteiger partial charge in [-0.2, -0.15) is 0 Å². The van der Waals surface area contributed by atoms with Crippen molar-refractivity contribution < 1.29 is 23.9 Å². The highest BCUT2D eigenvalue weighted by molar-refractivity contribution is 6.22. The van der Waals surface area contributed by atoms with E-state index in [1.165, 1.54) is 30.2 Å². The third kappa shape index (κ3) is 4.26. The number of carbonyl (C=O) groups is 4. The largest absolute Gasteiger partial charge is 0.384 e. The molecule has 0 fully saturated rings. The number of rotatable bonds is 8. The van der Waals surface area contributed by atoms with Gasteiger partial charge in [0.2, 0.25) is 5.91 Å². The number of carbonyl (C=O) groups excluding carboxylic acids is 4. The molecule has 0 bridgehead atoms. The molecule has 1 heterocycles. The molecule has 0 atom stereocenters. The fourth-order valence-electron chi connectivity index (χ4n) is 2.63. The zero-order chi connectivity index (χ0) is 19.3. The lowest BCUT2D eigenvalue weighted by molar-refractivity contribution is -0.121. The molecule has 8 nitrogen and oxygen atoms in total. The first-order valence-corrected chi connectivity index (χ1v) is 8.42. The molecule has 4 amide bonds. The van der Waals surface area contributed by atoms with Gasteiger partial charge in [0.25, 0.3) is 17.7 Å². The molecular weight excluding hydrogens is 338 g/mol. The van der Waals surface area contributed by atoms with E-state index in [1.54, 1.807) is 13.8 Å². The Morgan fingerprint density at radius 3 is 2.38 bits per heavy atom. The van der Waals surface area contributed by atoms with Crippen molar-refractivity contribution in [3.8, 4) is 0 Å². The van der Waals surface area contributed by atoms with Crippen LogP contribution in [0.5, 0.6) is 0 Å². The minimum absolute atomic E-state index is 0.156. The number of nitrogens with zero attached hydrogens (tertiary/aromatic N) is 1. The number of methoxy groups -OCH3 is 1. The van der Waals surface area contributed by atoms with Gasteiger partial charge in [0.15, 0.2) is 0 Å². The highest BCUT2D eigenvalue weighted by Gasteiger charge is 2.37. The van der Waals surface area contributed by atoms with Crippen molar-refractivity contribution in [3.63, 3.8) is 0 Å². The Kier molecular flexibility index (Phi) is 6.46. The van der Waals surface area contributed by atoms with E-state index in [0.29, 0.717) is 17.7 Å². The van der Waals surface area contributed by atoms with Crippen molar-refractivity contribution in [3.05, 3.63) is 34.9 Å². The standard InChI is InChI=1S/C18H23N3O5/c1-11(2)21-17(24)13-5-4-12(10-14(13)18(21)25)16(23)20-8-7-19-15(22)6-9-26-3/h4-5,10-11H,6-9H2,1-3H3,(H,19,22)(H,20,23). The lowest BCUT2D eigenvalue weighted by Crippen LogP contribution is -2.36. The first-order valence-electron chi connectivity index (χ1n) is 8.42. The van der Waals surface area contributed by atoms with E-state index in [0.717, 1.165) is 0 Å². The minimum Gasteiger partial charge on any atom is -0.384 e. The van der Waals surface area contributed by atoms with E-state index in [-0.39, 0.29) is 54.7 Å². The number of imide groups is 1. The van der Waals surface area contributed by atoms with E-state index in [4.69, 9.17) is 4.74 Å². The Bertz CT molecular complexity index is 730. The predicted octanol–water partition coefficient (Wildman–Crippen LogP) is 0.574.